The third-order valence-corrected chi connectivity index (χ3v) is 4.13. The minimum absolute atomic E-state index is 0.297. The number of rotatable bonds is 2. The first-order valence-corrected chi connectivity index (χ1v) is 5.63. The molecule has 2 rings (SSSR count). The molecule has 1 fully saturated rings. The van der Waals surface area contributed by atoms with Crippen molar-refractivity contribution in [1.82, 2.24) is 9.78 Å². The second-order valence-corrected chi connectivity index (χ2v) is 4.67. The molecule has 0 amide bonds. The highest BCUT2D eigenvalue weighted by Crippen LogP contribution is 2.38. The van der Waals surface area contributed by atoms with Crippen molar-refractivity contribution in [1.29, 1.82) is 0 Å². The summed E-state index contributed by atoms with van der Waals surface area (Å²) in [7, 11) is 1.90. The molecule has 1 aromatic rings. The summed E-state index contributed by atoms with van der Waals surface area (Å²) in [5, 5.41) is 14.1. The lowest BCUT2D eigenvalue weighted by Gasteiger charge is -2.29. The monoisotopic (exact) mass is 292 g/mol. The fourth-order valence-corrected chi connectivity index (χ4v) is 2.23. The Morgan fingerprint density at radius 1 is 1.69 bits per heavy atom. The molecule has 0 aromatic carbocycles. The van der Waals surface area contributed by atoms with E-state index in [0.29, 0.717) is 5.92 Å². The van der Waals surface area contributed by atoms with Gasteiger partial charge in [-0.15, -0.1) is 0 Å². The molecule has 0 spiro atoms. The van der Waals surface area contributed by atoms with Gasteiger partial charge in [0.1, 0.15) is 3.70 Å². The molecule has 0 aliphatic heterocycles. The van der Waals surface area contributed by atoms with Crippen molar-refractivity contribution in [2.75, 3.05) is 0 Å². The van der Waals surface area contributed by atoms with Crippen LogP contribution in [0.25, 0.3) is 0 Å². The highest BCUT2D eigenvalue weighted by atomic mass is 127. The number of halogens is 1. The standard InChI is InChI=1S/C9H13IN2O/c1-12-9(10)7(5-11-12)8(13)6-3-2-4-6/h5-6,8,13H,2-4H2,1H3. The summed E-state index contributed by atoms with van der Waals surface area (Å²) < 4.78 is 2.86. The fraction of sp³-hybridized carbons (Fsp3) is 0.667. The normalized spacial score (nSPS) is 19.9. The molecule has 72 valence electrons. The van der Waals surface area contributed by atoms with Gasteiger partial charge in [-0.1, -0.05) is 6.42 Å². The van der Waals surface area contributed by atoms with Crippen molar-refractivity contribution >= 4 is 22.6 Å². The number of hydrogen-bond acceptors (Lipinski definition) is 2. The van der Waals surface area contributed by atoms with Crippen LogP contribution in [0, 0.1) is 9.62 Å². The van der Waals surface area contributed by atoms with E-state index in [9.17, 15) is 5.11 Å². The van der Waals surface area contributed by atoms with E-state index in [0.717, 1.165) is 22.1 Å². The van der Waals surface area contributed by atoms with Gasteiger partial charge in [0.15, 0.2) is 0 Å². The topological polar surface area (TPSA) is 38.0 Å². The number of nitrogens with zero attached hydrogens (tertiary/aromatic N) is 2. The summed E-state index contributed by atoms with van der Waals surface area (Å²) in [4.78, 5) is 0. The zero-order valence-corrected chi connectivity index (χ0v) is 9.73. The summed E-state index contributed by atoms with van der Waals surface area (Å²) in [5.74, 6) is 0.470. The molecule has 13 heavy (non-hydrogen) atoms. The molecule has 1 aliphatic rings. The number of aliphatic hydroxyl groups is 1. The van der Waals surface area contributed by atoms with Crippen LogP contribution in [0.15, 0.2) is 6.20 Å². The van der Waals surface area contributed by atoms with Gasteiger partial charge in [-0.2, -0.15) is 5.10 Å². The second kappa shape index (κ2) is 3.57. The molecule has 1 atom stereocenters. The lowest BCUT2D eigenvalue weighted by atomic mass is 9.79. The van der Waals surface area contributed by atoms with Crippen molar-refractivity contribution in [3.63, 3.8) is 0 Å². The molecule has 0 bridgehead atoms. The minimum Gasteiger partial charge on any atom is -0.388 e. The van der Waals surface area contributed by atoms with E-state index in [2.05, 4.69) is 27.7 Å². The Morgan fingerprint density at radius 2 is 2.38 bits per heavy atom. The van der Waals surface area contributed by atoms with Crippen LogP contribution in [0.3, 0.4) is 0 Å². The zero-order valence-electron chi connectivity index (χ0n) is 7.57. The molecule has 3 nitrogen and oxygen atoms in total. The van der Waals surface area contributed by atoms with Crippen molar-refractivity contribution in [2.24, 2.45) is 13.0 Å². The Labute approximate surface area is 91.3 Å². The molecule has 1 aliphatic carbocycles. The molecule has 0 saturated heterocycles. The van der Waals surface area contributed by atoms with Gasteiger partial charge in [0, 0.05) is 12.6 Å². The van der Waals surface area contributed by atoms with Gasteiger partial charge in [0.2, 0.25) is 0 Å². The summed E-state index contributed by atoms with van der Waals surface area (Å²) in [5.41, 5.74) is 0.993. The van der Waals surface area contributed by atoms with E-state index in [1.807, 2.05) is 7.05 Å². The summed E-state index contributed by atoms with van der Waals surface area (Å²) in [6.07, 6.45) is 5.07. The van der Waals surface area contributed by atoms with Crippen LogP contribution in [0.4, 0.5) is 0 Å². The number of aliphatic hydroxyl groups excluding tert-OH is 1. The molecule has 1 unspecified atom stereocenters. The van der Waals surface area contributed by atoms with Crippen LogP contribution in [0.5, 0.6) is 0 Å². The first kappa shape index (κ1) is 9.45. The molecule has 0 radical (unpaired) electrons. The molecule has 1 N–H and O–H groups in total. The van der Waals surface area contributed by atoms with Crippen LogP contribution < -0.4 is 0 Å². The maximum absolute atomic E-state index is 9.98. The van der Waals surface area contributed by atoms with Crippen molar-refractivity contribution in [3.05, 3.63) is 15.5 Å². The molecular formula is C9H13IN2O. The largest absolute Gasteiger partial charge is 0.388 e. The zero-order chi connectivity index (χ0) is 9.42. The molecule has 1 heterocycles. The van der Waals surface area contributed by atoms with E-state index in [1.54, 1.807) is 10.9 Å². The van der Waals surface area contributed by atoms with Crippen LogP contribution in [0.2, 0.25) is 0 Å². The van der Waals surface area contributed by atoms with Crippen LogP contribution in [-0.4, -0.2) is 14.9 Å². The van der Waals surface area contributed by atoms with E-state index in [-0.39, 0.29) is 6.10 Å². The van der Waals surface area contributed by atoms with E-state index < -0.39 is 0 Å². The average Bonchev–Trinajstić information content (AvgIpc) is 2.29. The van der Waals surface area contributed by atoms with Gasteiger partial charge >= 0.3 is 0 Å². The lowest BCUT2D eigenvalue weighted by Crippen LogP contribution is -2.20. The number of aromatic nitrogens is 2. The molecule has 1 aromatic heterocycles. The predicted molar refractivity (Wildman–Crippen MR) is 58.2 cm³/mol. The smallest absolute Gasteiger partial charge is 0.104 e. The third-order valence-electron chi connectivity index (χ3n) is 2.81. The molecule has 4 heteroatoms. The van der Waals surface area contributed by atoms with E-state index in [1.165, 1.54) is 6.42 Å². The van der Waals surface area contributed by atoms with Gasteiger partial charge in [-0.3, -0.25) is 4.68 Å². The average molecular weight is 292 g/mol. The predicted octanol–water partition coefficient (Wildman–Crippen LogP) is 1.86. The number of aryl methyl sites for hydroxylation is 1. The molecule has 1 saturated carbocycles. The third kappa shape index (κ3) is 1.61. The Bertz CT molecular complexity index is 307. The summed E-state index contributed by atoms with van der Waals surface area (Å²) >= 11 is 2.23. The number of hydrogen-bond donors (Lipinski definition) is 1. The second-order valence-electron chi connectivity index (χ2n) is 3.65. The first-order valence-electron chi connectivity index (χ1n) is 4.55. The van der Waals surface area contributed by atoms with Crippen molar-refractivity contribution in [2.45, 2.75) is 25.4 Å². The van der Waals surface area contributed by atoms with Crippen molar-refractivity contribution in [3.8, 4) is 0 Å². The maximum Gasteiger partial charge on any atom is 0.104 e. The van der Waals surface area contributed by atoms with Gasteiger partial charge in [0.25, 0.3) is 0 Å². The van der Waals surface area contributed by atoms with Crippen LogP contribution in [-0.2, 0) is 7.05 Å². The summed E-state index contributed by atoms with van der Waals surface area (Å²) in [6.45, 7) is 0. The quantitative estimate of drug-likeness (QED) is 0.845. The van der Waals surface area contributed by atoms with Crippen LogP contribution in [0.1, 0.15) is 30.9 Å². The van der Waals surface area contributed by atoms with E-state index >= 15 is 0 Å². The Hall–Kier alpha value is -0.100. The van der Waals surface area contributed by atoms with E-state index in [4.69, 9.17) is 0 Å². The first-order chi connectivity index (χ1) is 6.20. The summed E-state index contributed by atoms with van der Waals surface area (Å²) in [6, 6.07) is 0. The fourth-order valence-electron chi connectivity index (χ4n) is 1.65. The van der Waals surface area contributed by atoms with Crippen LogP contribution >= 0.6 is 22.6 Å². The van der Waals surface area contributed by atoms with Gasteiger partial charge in [-0.25, -0.2) is 0 Å². The minimum atomic E-state index is -0.297. The van der Waals surface area contributed by atoms with Gasteiger partial charge in [0.05, 0.1) is 12.3 Å². The maximum atomic E-state index is 9.98. The van der Waals surface area contributed by atoms with Gasteiger partial charge < -0.3 is 5.11 Å². The molecular weight excluding hydrogens is 279 g/mol. The highest BCUT2D eigenvalue weighted by molar-refractivity contribution is 14.1. The Balaban J connectivity index is 2.18. The Kier molecular flexibility index (Phi) is 2.60. The SMILES string of the molecule is Cn1ncc(C(O)C2CCC2)c1I. The Morgan fingerprint density at radius 3 is 2.77 bits per heavy atom. The van der Waals surface area contributed by atoms with Crippen molar-refractivity contribution < 1.29 is 5.11 Å². The highest BCUT2D eigenvalue weighted by Gasteiger charge is 2.29. The van der Waals surface area contributed by atoms with Gasteiger partial charge in [-0.05, 0) is 41.4 Å². The lowest BCUT2D eigenvalue weighted by molar-refractivity contribution is 0.0614.